The van der Waals surface area contributed by atoms with Gasteiger partial charge >= 0.3 is 11.9 Å². The maximum atomic E-state index is 12.2. The minimum Gasteiger partial charge on any atom is -0.493 e. The number of unbranched alkanes of at least 4 members (excludes halogenated alkanes) is 3. The molecule has 9 nitrogen and oxygen atoms in total. The molecule has 3 N–H and O–H groups in total. The number of aryl methyl sites for hydroxylation is 1. The fourth-order valence-corrected chi connectivity index (χ4v) is 3.98. The monoisotopic (exact) mass is 485 g/mol. The van der Waals surface area contributed by atoms with Crippen LogP contribution in [-0.4, -0.2) is 43.2 Å². The molecule has 0 saturated carbocycles. The van der Waals surface area contributed by atoms with Gasteiger partial charge in [-0.25, -0.2) is 14.6 Å². The molecule has 35 heavy (non-hydrogen) atoms. The summed E-state index contributed by atoms with van der Waals surface area (Å²) in [6.07, 6.45) is 7.97. The van der Waals surface area contributed by atoms with Gasteiger partial charge in [-0.15, -0.1) is 0 Å². The number of rotatable bonds is 12. The average Bonchev–Trinajstić information content (AvgIpc) is 2.83. The number of ether oxygens (including phenoxy) is 4. The summed E-state index contributed by atoms with van der Waals surface area (Å²) in [5.74, 6) is -0.361. The van der Waals surface area contributed by atoms with Gasteiger partial charge in [0.2, 0.25) is 0 Å². The van der Waals surface area contributed by atoms with E-state index in [1.165, 1.54) is 0 Å². The molecule has 2 heterocycles. The lowest BCUT2D eigenvalue weighted by molar-refractivity contribution is -0.133. The molecule has 3 rings (SSSR count). The van der Waals surface area contributed by atoms with Crippen molar-refractivity contribution in [1.82, 2.24) is 4.98 Å². The van der Waals surface area contributed by atoms with Gasteiger partial charge in [0.25, 0.3) is 5.88 Å². The van der Waals surface area contributed by atoms with Gasteiger partial charge in [0.05, 0.1) is 24.8 Å². The molecular weight excluding hydrogens is 450 g/mol. The van der Waals surface area contributed by atoms with E-state index >= 15 is 0 Å². The molecule has 9 heteroatoms. The van der Waals surface area contributed by atoms with Crippen LogP contribution in [-0.2, 0) is 9.59 Å². The predicted molar refractivity (Wildman–Crippen MR) is 134 cm³/mol. The predicted octanol–water partition coefficient (Wildman–Crippen LogP) is 4.43. The number of nitrogens with one attached hydrogen (secondary N) is 1. The largest absolute Gasteiger partial charge is 0.493 e. The van der Waals surface area contributed by atoms with E-state index in [2.05, 4.69) is 24.1 Å². The van der Waals surface area contributed by atoms with Gasteiger partial charge < -0.3 is 30.0 Å². The van der Waals surface area contributed by atoms with E-state index in [-0.39, 0.29) is 17.7 Å². The van der Waals surface area contributed by atoms with Crippen molar-refractivity contribution in [2.45, 2.75) is 65.3 Å². The Hall–Kier alpha value is -3.33. The first-order chi connectivity index (χ1) is 16.9. The summed E-state index contributed by atoms with van der Waals surface area (Å²) in [6, 6.07) is 1.93. The molecule has 1 unspecified atom stereocenters. The highest BCUT2D eigenvalue weighted by Crippen LogP contribution is 2.46. The molecule has 0 fully saturated rings. The summed E-state index contributed by atoms with van der Waals surface area (Å²) >= 11 is 0. The summed E-state index contributed by atoms with van der Waals surface area (Å²) in [5.41, 5.74) is 7.45. The molecule has 0 amide bonds. The van der Waals surface area contributed by atoms with E-state index in [9.17, 15) is 9.59 Å². The second kappa shape index (κ2) is 12.4. The third kappa shape index (κ3) is 6.42. The first-order valence-electron chi connectivity index (χ1n) is 12.2. The Bertz CT molecular complexity index is 1100. The second-order valence-electron chi connectivity index (χ2n) is 8.61. The van der Waals surface area contributed by atoms with Crippen LogP contribution in [0.25, 0.3) is 10.9 Å². The van der Waals surface area contributed by atoms with E-state index in [1.54, 1.807) is 14.0 Å². The van der Waals surface area contributed by atoms with Crippen molar-refractivity contribution in [2.75, 3.05) is 25.6 Å². The van der Waals surface area contributed by atoms with Crippen molar-refractivity contribution in [1.29, 1.82) is 0 Å². The summed E-state index contributed by atoms with van der Waals surface area (Å²) in [5, 5.41) is 4.10. The number of aromatic nitrogens is 1. The van der Waals surface area contributed by atoms with Crippen LogP contribution in [0.5, 0.6) is 23.1 Å². The molecule has 1 aromatic carbocycles. The molecular formula is C26H35N3O6. The molecule has 1 atom stereocenters. The molecule has 0 radical (unpaired) electrons. The van der Waals surface area contributed by atoms with Crippen LogP contribution < -0.4 is 30.0 Å². The number of carbonyl (C=O) groups excluding carboxylic acids is 2. The topological polar surface area (TPSA) is 122 Å². The normalized spacial score (nSPS) is 14.9. The van der Waals surface area contributed by atoms with E-state index in [4.69, 9.17) is 24.7 Å². The lowest BCUT2D eigenvalue weighted by Gasteiger charge is -2.22. The third-order valence-electron chi connectivity index (χ3n) is 5.80. The van der Waals surface area contributed by atoms with Gasteiger partial charge in [-0.1, -0.05) is 26.2 Å². The Morgan fingerprint density at radius 3 is 2.54 bits per heavy atom. The van der Waals surface area contributed by atoms with Gasteiger partial charge in [0.15, 0.2) is 17.2 Å². The number of anilines is 1. The van der Waals surface area contributed by atoms with Crippen LogP contribution in [0, 0.1) is 6.92 Å². The standard InChI is InChI=1S/C26H35N3O6/c1-5-6-7-8-14-33-25-19(32-4)15-18(28-16(2)10-9-13-27)23-22(25)17(3)24-26(29-23)35-21(31)12-11-20(30)34-24/h11-12,15-16,28H,5-10,13-14,27H2,1-4H3/b12-11+. The summed E-state index contributed by atoms with van der Waals surface area (Å²) in [6.45, 7) is 7.09. The smallest absolute Gasteiger partial charge is 0.337 e. The van der Waals surface area contributed by atoms with Crippen LogP contribution in [0.15, 0.2) is 18.2 Å². The minimum atomic E-state index is -0.708. The number of methoxy groups -OCH3 is 1. The Kier molecular flexibility index (Phi) is 9.31. The first kappa shape index (κ1) is 26.3. The summed E-state index contributed by atoms with van der Waals surface area (Å²) in [4.78, 5) is 29.0. The van der Waals surface area contributed by atoms with Crippen molar-refractivity contribution in [3.8, 4) is 23.1 Å². The molecule has 1 aliphatic heterocycles. The number of esters is 2. The Balaban J connectivity index is 2.17. The number of pyridine rings is 1. The van der Waals surface area contributed by atoms with Crippen LogP contribution in [0.4, 0.5) is 5.69 Å². The van der Waals surface area contributed by atoms with Crippen molar-refractivity contribution >= 4 is 28.5 Å². The molecule has 0 bridgehead atoms. The van der Waals surface area contributed by atoms with E-state index in [1.807, 2.05) is 6.07 Å². The van der Waals surface area contributed by atoms with Crippen molar-refractivity contribution in [2.24, 2.45) is 5.73 Å². The maximum Gasteiger partial charge on any atom is 0.337 e. The van der Waals surface area contributed by atoms with Crippen molar-refractivity contribution in [3.63, 3.8) is 0 Å². The Labute approximate surface area is 206 Å². The number of carbonyl (C=O) groups is 2. The molecule has 2 aromatic rings. The number of benzene rings is 1. The highest BCUT2D eigenvalue weighted by molar-refractivity contribution is 6.03. The van der Waals surface area contributed by atoms with Gasteiger partial charge in [-0.3, -0.25) is 0 Å². The Morgan fingerprint density at radius 2 is 1.86 bits per heavy atom. The second-order valence-corrected chi connectivity index (χ2v) is 8.61. The molecule has 190 valence electrons. The summed E-state index contributed by atoms with van der Waals surface area (Å²) < 4.78 is 22.8. The fourth-order valence-electron chi connectivity index (χ4n) is 3.98. The number of nitrogens with zero attached hydrogens (tertiary/aromatic N) is 1. The van der Waals surface area contributed by atoms with Crippen LogP contribution >= 0.6 is 0 Å². The van der Waals surface area contributed by atoms with Crippen LogP contribution in [0.1, 0.15) is 57.9 Å². The number of fused-ring (bicyclic) bond motifs is 2. The van der Waals surface area contributed by atoms with E-state index < -0.39 is 11.9 Å². The number of nitrogens with two attached hydrogens (primary N) is 1. The highest BCUT2D eigenvalue weighted by Gasteiger charge is 2.27. The SMILES string of the molecule is CCCCCCOc1c(OC)cc(NC(C)CCCN)c2nc3c(c(C)c12)OC(=O)/C=C/C(=O)O3. The quantitative estimate of drug-likeness (QED) is 0.332. The number of hydrogen-bond acceptors (Lipinski definition) is 9. The molecule has 0 saturated heterocycles. The van der Waals surface area contributed by atoms with Gasteiger partial charge in [0.1, 0.15) is 5.52 Å². The van der Waals surface area contributed by atoms with E-state index in [0.717, 1.165) is 50.7 Å². The van der Waals surface area contributed by atoms with Gasteiger partial charge in [-0.05, 0) is 39.7 Å². The maximum absolute atomic E-state index is 12.2. The zero-order valence-corrected chi connectivity index (χ0v) is 20.9. The Morgan fingerprint density at radius 1 is 1.11 bits per heavy atom. The van der Waals surface area contributed by atoms with E-state index in [0.29, 0.717) is 46.8 Å². The zero-order valence-electron chi connectivity index (χ0n) is 20.9. The van der Waals surface area contributed by atoms with Crippen molar-refractivity contribution < 1.29 is 28.5 Å². The fraction of sp³-hybridized carbons (Fsp3) is 0.500. The van der Waals surface area contributed by atoms with Crippen LogP contribution in [0.2, 0.25) is 0 Å². The zero-order chi connectivity index (χ0) is 25.4. The third-order valence-corrected chi connectivity index (χ3v) is 5.80. The van der Waals surface area contributed by atoms with Gasteiger partial charge in [0, 0.05) is 29.8 Å². The number of hydrogen-bond donors (Lipinski definition) is 2. The molecule has 1 aromatic heterocycles. The lowest BCUT2D eigenvalue weighted by atomic mass is 10.0. The highest BCUT2D eigenvalue weighted by atomic mass is 16.6. The van der Waals surface area contributed by atoms with Crippen molar-refractivity contribution in [3.05, 3.63) is 23.8 Å². The average molecular weight is 486 g/mol. The van der Waals surface area contributed by atoms with Gasteiger partial charge in [-0.2, -0.15) is 0 Å². The summed E-state index contributed by atoms with van der Waals surface area (Å²) in [7, 11) is 1.58. The van der Waals surface area contributed by atoms with Crippen LogP contribution in [0.3, 0.4) is 0 Å². The lowest BCUT2D eigenvalue weighted by Crippen LogP contribution is -2.18. The molecule has 0 aliphatic carbocycles. The molecule has 1 aliphatic rings. The minimum absolute atomic E-state index is 0.0746. The molecule has 0 spiro atoms. The first-order valence-corrected chi connectivity index (χ1v) is 12.2.